The van der Waals surface area contributed by atoms with Crippen LogP contribution in [0.5, 0.6) is 0 Å². The van der Waals surface area contributed by atoms with E-state index in [9.17, 15) is 9.90 Å². The number of nitrogens with two attached hydrogens (primary N) is 1. The molecule has 1 aliphatic rings. The third-order valence-corrected chi connectivity index (χ3v) is 4.48. The number of hydrogen-bond acceptors (Lipinski definition) is 3. The van der Waals surface area contributed by atoms with Gasteiger partial charge in [0.25, 0.3) is 0 Å². The second-order valence-corrected chi connectivity index (χ2v) is 6.18. The van der Waals surface area contributed by atoms with Crippen LogP contribution >= 0.6 is 0 Å². The van der Waals surface area contributed by atoms with E-state index in [0.29, 0.717) is 19.4 Å². The third kappa shape index (κ3) is 5.03. The number of benzene rings is 1. The van der Waals surface area contributed by atoms with Crippen molar-refractivity contribution >= 4 is 12.2 Å². The molecule has 1 atom stereocenters. The predicted octanol–water partition coefficient (Wildman–Crippen LogP) is 3.35. The van der Waals surface area contributed by atoms with Crippen LogP contribution in [0.3, 0.4) is 0 Å². The first kappa shape index (κ1) is 17.4. The number of nitrogens with zero attached hydrogens (tertiary/aromatic N) is 1. The Morgan fingerprint density at radius 2 is 2.04 bits per heavy atom. The Bertz CT molecular complexity index is 605. The zero-order valence-corrected chi connectivity index (χ0v) is 13.8. The van der Waals surface area contributed by atoms with Gasteiger partial charge in [0.2, 0.25) is 0 Å². The molecule has 4 heteroatoms. The Labute approximate surface area is 138 Å². The first-order chi connectivity index (χ1) is 11.1. The van der Waals surface area contributed by atoms with E-state index in [4.69, 9.17) is 5.73 Å². The third-order valence-electron chi connectivity index (χ3n) is 4.48. The molecule has 3 N–H and O–H groups in total. The number of carbonyl (C=O) groups is 1. The van der Waals surface area contributed by atoms with Crippen LogP contribution in [0.15, 0.2) is 40.5 Å². The van der Waals surface area contributed by atoms with Crippen molar-refractivity contribution in [3.8, 4) is 0 Å². The highest BCUT2D eigenvalue weighted by Crippen LogP contribution is 2.25. The maximum absolute atomic E-state index is 11.5. The molecule has 124 valence electrons. The predicted molar refractivity (Wildman–Crippen MR) is 93.7 cm³/mol. The fourth-order valence-corrected chi connectivity index (χ4v) is 2.97. The van der Waals surface area contributed by atoms with Crippen molar-refractivity contribution in [1.29, 1.82) is 0 Å². The number of carboxylic acids is 1. The van der Waals surface area contributed by atoms with E-state index in [1.807, 2.05) is 6.21 Å². The summed E-state index contributed by atoms with van der Waals surface area (Å²) < 4.78 is 0. The maximum Gasteiger partial charge on any atom is 0.306 e. The van der Waals surface area contributed by atoms with Crippen LogP contribution in [0.2, 0.25) is 0 Å². The van der Waals surface area contributed by atoms with Crippen LogP contribution < -0.4 is 5.73 Å². The summed E-state index contributed by atoms with van der Waals surface area (Å²) in [6.45, 7) is 2.60. The van der Waals surface area contributed by atoms with E-state index in [1.54, 1.807) is 0 Å². The van der Waals surface area contributed by atoms with Crippen LogP contribution in [0.25, 0.3) is 0 Å². The van der Waals surface area contributed by atoms with Gasteiger partial charge in [-0.2, -0.15) is 0 Å². The zero-order chi connectivity index (χ0) is 16.7. The summed E-state index contributed by atoms with van der Waals surface area (Å²) in [5.41, 5.74) is 10.3. The Hall–Kier alpha value is -1.94. The maximum atomic E-state index is 11.5. The highest BCUT2D eigenvalue weighted by Gasteiger charge is 2.20. The van der Waals surface area contributed by atoms with E-state index < -0.39 is 11.9 Å². The van der Waals surface area contributed by atoms with Gasteiger partial charge in [0.05, 0.1) is 5.92 Å². The molecule has 0 amide bonds. The number of aliphatic imine (C=N–C) groups is 1. The van der Waals surface area contributed by atoms with E-state index in [2.05, 4.69) is 36.2 Å². The molecular weight excluding hydrogens is 288 g/mol. The molecule has 0 saturated heterocycles. The molecule has 0 aromatic heterocycles. The molecule has 0 bridgehead atoms. The van der Waals surface area contributed by atoms with E-state index in [1.165, 1.54) is 16.7 Å². The number of aryl methyl sites for hydroxylation is 1. The highest BCUT2D eigenvalue weighted by atomic mass is 16.4. The van der Waals surface area contributed by atoms with Gasteiger partial charge >= 0.3 is 5.97 Å². The van der Waals surface area contributed by atoms with Gasteiger partial charge in [-0.3, -0.25) is 9.79 Å². The quantitative estimate of drug-likeness (QED) is 0.845. The van der Waals surface area contributed by atoms with Crippen molar-refractivity contribution in [3.63, 3.8) is 0 Å². The van der Waals surface area contributed by atoms with Crippen LogP contribution in [-0.2, 0) is 17.6 Å². The summed E-state index contributed by atoms with van der Waals surface area (Å²) in [5, 5.41) is 9.42. The summed E-state index contributed by atoms with van der Waals surface area (Å²) in [7, 11) is 0. The fraction of sp³-hybridized carbons (Fsp3) is 0.474. The zero-order valence-electron chi connectivity index (χ0n) is 13.8. The van der Waals surface area contributed by atoms with E-state index in [-0.39, 0.29) is 0 Å². The average molecular weight is 314 g/mol. The molecule has 1 aliphatic heterocycles. The Morgan fingerprint density at radius 3 is 2.74 bits per heavy atom. The lowest BCUT2D eigenvalue weighted by Gasteiger charge is -2.14. The second kappa shape index (κ2) is 8.63. The molecule has 4 nitrogen and oxygen atoms in total. The first-order valence-corrected chi connectivity index (χ1v) is 8.32. The molecule has 0 radical (unpaired) electrons. The molecule has 0 fully saturated rings. The van der Waals surface area contributed by atoms with Crippen LogP contribution in [0.1, 0.15) is 43.7 Å². The lowest BCUT2D eigenvalue weighted by molar-refractivity contribution is -0.141. The van der Waals surface area contributed by atoms with Gasteiger partial charge in [-0.1, -0.05) is 29.8 Å². The minimum Gasteiger partial charge on any atom is -0.481 e. The summed E-state index contributed by atoms with van der Waals surface area (Å²) in [6.07, 6.45) is 6.46. The monoisotopic (exact) mass is 314 g/mol. The minimum atomic E-state index is -0.753. The molecule has 0 spiro atoms. The van der Waals surface area contributed by atoms with Crippen molar-refractivity contribution in [2.24, 2.45) is 16.6 Å². The van der Waals surface area contributed by atoms with Crippen molar-refractivity contribution < 1.29 is 9.90 Å². The lowest BCUT2D eigenvalue weighted by Crippen LogP contribution is -2.16. The largest absolute Gasteiger partial charge is 0.481 e. The normalized spacial score (nSPS) is 20.8. The van der Waals surface area contributed by atoms with E-state index >= 15 is 0 Å². The van der Waals surface area contributed by atoms with Crippen molar-refractivity contribution in [3.05, 3.63) is 46.7 Å². The Kier molecular flexibility index (Phi) is 6.53. The average Bonchev–Trinajstić information content (AvgIpc) is 2.61. The van der Waals surface area contributed by atoms with Gasteiger partial charge in [0, 0.05) is 24.8 Å². The van der Waals surface area contributed by atoms with Crippen molar-refractivity contribution in [2.75, 3.05) is 6.54 Å². The summed E-state index contributed by atoms with van der Waals surface area (Å²) in [6, 6.07) is 8.44. The van der Waals surface area contributed by atoms with Crippen LogP contribution in [-0.4, -0.2) is 23.8 Å². The Morgan fingerprint density at radius 1 is 1.30 bits per heavy atom. The number of aliphatic carboxylic acids is 1. The number of fused-ring (bicyclic) bond motifs is 1. The summed E-state index contributed by atoms with van der Waals surface area (Å²) >= 11 is 0. The van der Waals surface area contributed by atoms with Crippen molar-refractivity contribution in [2.45, 2.75) is 45.4 Å². The van der Waals surface area contributed by atoms with Gasteiger partial charge < -0.3 is 10.8 Å². The molecule has 0 saturated carbocycles. The van der Waals surface area contributed by atoms with Crippen LogP contribution in [0.4, 0.5) is 0 Å². The number of allylic oxidation sites excluding steroid dienone is 2. The lowest BCUT2D eigenvalue weighted by atomic mass is 9.94. The van der Waals surface area contributed by atoms with Gasteiger partial charge in [-0.25, -0.2) is 0 Å². The fourth-order valence-electron chi connectivity index (χ4n) is 2.97. The molecule has 23 heavy (non-hydrogen) atoms. The summed E-state index contributed by atoms with van der Waals surface area (Å²) in [5.74, 6) is -1.15. The first-order valence-electron chi connectivity index (χ1n) is 8.32. The van der Waals surface area contributed by atoms with E-state index in [0.717, 1.165) is 31.4 Å². The number of rotatable bonds is 6. The van der Waals surface area contributed by atoms with Gasteiger partial charge in [0.15, 0.2) is 0 Å². The molecule has 0 unspecified atom stereocenters. The SMILES string of the molecule is C/C1=C(C[C@@H](CCCN)C(=O)O)\N=C/Cc2ccccc2CC1. The smallest absolute Gasteiger partial charge is 0.306 e. The van der Waals surface area contributed by atoms with Gasteiger partial charge in [-0.05, 0) is 50.3 Å². The second-order valence-electron chi connectivity index (χ2n) is 6.18. The number of carboxylic acid groups (broad SMARTS) is 1. The van der Waals surface area contributed by atoms with Crippen LogP contribution in [0, 0.1) is 5.92 Å². The molecular formula is C19H26N2O2. The molecule has 1 aromatic rings. The molecule has 1 heterocycles. The molecule has 2 rings (SSSR count). The topological polar surface area (TPSA) is 75.7 Å². The summed E-state index contributed by atoms with van der Waals surface area (Å²) in [4.78, 5) is 16.1. The van der Waals surface area contributed by atoms with Gasteiger partial charge in [-0.15, -0.1) is 0 Å². The Balaban J connectivity index is 2.16. The molecule has 0 aliphatic carbocycles. The molecule has 1 aromatic carbocycles. The number of hydrogen-bond donors (Lipinski definition) is 2. The highest BCUT2D eigenvalue weighted by molar-refractivity contribution is 5.71. The van der Waals surface area contributed by atoms with Gasteiger partial charge in [0.1, 0.15) is 0 Å². The minimum absolute atomic E-state index is 0.399. The van der Waals surface area contributed by atoms with Crippen molar-refractivity contribution in [1.82, 2.24) is 0 Å². The standard InChI is InChI=1S/C19H26N2O2/c1-14-8-9-15-5-2-3-6-16(15)10-12-21-18(14)13-17(19(22)23)7-4-11-20/h2-3,5-6,12,17H,4,7-11,13,20H2,1H3,(H,22,23)/b18-14+,21-12-/t17-/m1/s1.